The molecule has 0 saturated carbocycles. The molecule has 8 aromatic rings. The molecule has 0 aliphatic heterocycles. The van der Waals surface area contributed by atoms with Gasteiger partial charge in [0.15, 0.2) is 0 Å². The Kier molecular flexibility index (Phi) is 5.58. The summed E-state index contributed by atoms with van der Waals surface area (Å²) in [4.78, 5) is 20.3. The molecule has 4 nitrogen and oxygen atoms in total. The molecule has 220 valence electrons. The molecule has 0 fully saturated rings. The maximum absolute atomic E-state index is 5.57. The number of benzene rings is 4. The predicted molar refractivity (Wildman–Crippen MR) is 188 cm³/mol. The van der Waals surface area contributed by atoms with Crippen molar-refractivity contribution in [2.24, 2.45) is 0 Å². The van der Waals surface area contributed by atoms with Gasteiger partial charge in [-0.25, -0.2) is 9.97 Å². The molecule has 4 aromatic heterocycles. The maximum Gasteiger partial charge on any atom is 0.0972 e. The van der Waals surface area contributed by atoms with Crippen LogP contribution in [-0.2, 0) is 18.3 Å². The van der Waals surface area contributed by atoms with Gasteiger partial charge in [-0.05, 0) is 82.1 Å². The zero-order valence-corrected chi connectivity index (χ0v) is 25.6. The molecule has 0 atom stereocenters. The Morgan fingerprint density at radius 2 is 1.19 bits per heavy atom. The van der Waals surface area contributed by atoms with Gasteiger partial charge in [-0.3, -0.25) is 9.97 Å². The van der Waals surface area contributed by atoms with Gasteiger partial charge < -0.3 is 0 Å². The Morgan fingerprint density at radius 3 is 2.02 bits per heavy atom. The van der Waals surface area contributed by atoms with E-state index in [1.165, 1.54) is 33.4 Å². The number of aryl methyl sites for hydroxylation is 2. The predicted octanol–water partition coefficient (Wildman–Crippen LogP) is 9.37. The molecule has 4 aromatic carbocycles. The number of hydrogen-bond donors (Lipinski definition) is 0. The van der Waals surface area contributed by atoms with Crippen LogP contribution in [0.15, 0.2) is 146 Å². The summed E-state index contributed by atoms with van der Waals surface area (Å²) in [6, 6.07) is 47.9. The summed E-state index contributed by atoms with van der Waals surface area (Å²) >= 11 is 0. The van der Waals surface area contributed by atoms with E-state index in [2.05, 4.69) is 121 Å². The van der Waals surface area contributed by atoms with Crippen LogP contribution < -0.4 is 0 Å². The van der Waals surface area contributed by atoms with Gasteiger partial charge in [-0.15, -0.1) is 0 Å². The van der Waals surface area contributed by atoms with E-state index in [0.717, 1.165) is 68.6 Å². The first-order chi connectivity index (χ1) is 23.3. The Balaban J connectivity index is 1.24. The van der Waals surface area contributed by atoms with Crippen LogP contribution in [0.5, 0.6) is 0 Å². The Bertz CT molecular complexity index is 2500. The number of rotatable bonds is 3. The number of pyridine rings is 4. The third kappa shape index (κ3) is 3.76. The van der Waals surface area contributed by atoms with Crippen LogP contribution in [0.4, 0.5) is 0 Å². The molecule has 2 aliphatic rings. The molecule has 47 heavy (non-hydrogen) atoms. The van der Waals surface area contributed by atoms with E-state index in [4.69, 9.17) is 19.9 Å². The standard InChI is InChI=1S/C43H28N4/c1-3-14-35-33(12-1)34-13-2-4-15-36(34)43(35,38-23-21-30-19-17-28-10-7-25-45-40(28)42(30)47-38)32-11-5-8-31(26-32)37-22-20-29-18-16-27-9-6-24-44-39(27)41(29)46-37/h1-16,18,20-26H,17,19H2. The van der Waals surface area contributed by atoms with E-state index in [9.17, 15) is 0 Å². The van der Waals surface area contributed by atoms with Crippen LogP contribution in [0.2, 0.25) is 0 Å². The van der Waals surface area contributed by atoms with E-state index < -0.39 is 5.41 Å². The summed E-state index contributed by atoms with van der Waals surface area (Å²) in [6.45, 7) is 0. The molecule has 4 heteroatoms. The molecule has 0 bridgehead atoms. The van der Waals surface area contributed by atoms with Gasteiger partial charge >= 0.3 is 0 Å². The average Bonchev–Trinajstić information content (AvgIpc) is 3.45. The van der Waals surface area contributed by atoms with Gasteiger partial charge in [-0.1, -0.05) is 103 Å². The largest absolute Gasteiger partial charge is 0.254 e. The second-order valence-corrected chi connectivity index (χ2v) is 12.5. The topological polar surface area (TPSA) is 51.6 Å². The van der Waals surface area contributed by atoms with E-state index in [1.807, 2.05) is 24.5 Å². The van der Waals surface area contributed by atoms with Gasteiger partial charge in [0.25, 0.3) is 0 Å². The SMILES string of the molecule is c1cc(-c2ccc3ccc4cccnc4c3n2)cc(C2(c3ccc4c(n3)-c3ncccc3CC4)c3ccccc3-c3ccccc32)c1. The van der Waals surface area contributed by atoms with Gasteiger partial charge in [-0.2, -0.15) is 0 Å². The van der Waals surface area contributed by atoms with Crippen LogP contribution in [0.3, 0.4) is 0 Å². The Hall–Kier alpha value is -6.00. The fourth-order valence-electron chi connectivity index (χ4n) is 7.99. The van der Waals surface area contributed by atoms with Gasteiger partial charge in [0.05, 0.1) is 39.2 Å². The molecule has 0 spiro atoms. The maximum atomic E-state index is 5.57. The average molecular weight is 601 g/mol. The fourth-order valence-corrected chi connectivity index (χ4v) is 7.99. The second-order valence-electron chi connectivity index (χ2n) is 12.5. The first-order valence-corrected chi connectivity index (χ1v) is 16.2. The third-order valence-corrected chi connectivity index (χ3v) is 10.1. The van der Waals surface area contributed by atoms with Crippen LogP contribution in [-0.4, -0.2) is 19.9 Å². The normalized spacial score (nSPS) is 14.0. The molecular formula is C43H28N4. The summed E-state index contributed by atoms with van der Waals surface area (Å²) in [5, 5.41) is 2.17. The molecular weight excluding hydrogens is 573 g/mol. The first kappa shape index (κ1) is 26.2. The molecule has 0 radical (unpaired) electrons. The zero-order chi connectivity index (χ0) is 31.0. The highest BCUT2D eigenvalue weighted by molar-refractivity contribution is 6.03. The van der Waals surface area contributed by atoms with Crippen molar-refractivity contribution in [1.29, 1.82) is 0 Å². The summed E-state index contributed by atoms with van der Waals surface area (Å²) in [6.07, 6.45) is 5.68. The highest BCUT2D eigenvalue weighted by atomic mass is 14.8. The smallest absolute Gasteiger partial charge is 0.0972 e. The minimum Gasteiger partial charge on any atom is -0.254 e. The Morgan fingerprint density at radius 1 is 0.489 bits per heavy atom. The van der Waals surface area contributed by atoms with Gasteiger partial charge in [0.1, 0.15) is 0 Å². The van der Waals surface area contributed by atoms with Crippen molar-refractivity contribution in [2.45, 2.75) is 18.3 Å². The highest BCUT2D eigenvalue weighted by Gasteiger charge is 2.47. The zero-order valence-electron chi connectivity index (χ0n) is 25.6. The minimum atomic E-state index is -0.629. The van der Waals surface area contributed by atoms with Crippen molar-refractivity contribution < 1.29 is 0 Å². The van der Waals surface area contributed by atoms with Crippen molar-refractivity contribution in [3.05, 3.63) is 179 Å². The lowest BCUT2D eigenvalue weighted by Crippen LogP contribution is -2.30. The van der Waals surface area contributed by atoms with Crippen LogP contribution >= 0.6 is 0 Å². The number of fused-ring (bicyclic) bond motifs is 9. The summed E-state index contributed by atoms with van der Waals surface area (Å²) in [7, 11) is 0. The lowest BCUT2D eigenvalue weighted by molar-refractivity contribution is 0.731. The highest BCUT2D eigenvalue weighted by Crippen LogP contribution is 2.56. The molecule has 4 heterocycles. The van der Waals surface area contributed by atoms with E-state index in [0.29, 0.717) is 0 Å². The molecule has 10 rings (SSSR count). The van der Waals surface area contributed by atoms with Crippen molar-refractivity contribution in [3.8, 4) is 33.8 Å². The van der Waals surface area contributed by atoms with Crippen LogP contribution in [0, 0.1) is 0 Å². The molecule has 0 saturated heterocycles. The van der Waals surface area contributed by atoms with E-state index in [-0.39, 0.29) is 0 Å². The van der Waals surface area contributed by atoms with Crippen molar-refractivity contribution >= 4 is 21.8 Å². The second kappa shape index (κ2) is 10.0. The van der Waals surface area contributed by atoms with Gasteiger partial charge in [0, 0.05) is 28.7 Å². The minimum absolute atomic E-state index is 0.629. The van der Waals surface area contributed by atoms with Crippen molar-refractivity contribution in [3.63, 3.8) is 0 Å². The number of nitrogens with zero attached hydrogens (tertiary/aromatic N) is 4. The quantitative estimate of drug-likeness (QED) is 0.190. The summed E-state index contributed by atoms with van der Waals surface area (Å²) in [5.74, 6) is 0. The van der Waals surface area contributed by atoms with Gasteiger partial charge in [0.2, 0.25) is 0 Å². The fraction of sp³-hybridized carbons (Fsp3) is 0.0698. The van der Waals surface area contributed by atoms with E-state index in [1.54, 1.807) is 0 Å². The summed E-state index contributed by atoms with van der Waals surface area (Å²) < 4.78 is 0. The number of aromatic nitrogens is 4. The Labute approximate surface area is 272 Å². The third-order valence-electron chi connectivity index (χ3n) is 10.1. The lowest BCUT2D eigenvalue weighted by Gasteiger charge is -2.34. The molecule has 2 aliphatic carbocycles. The molecule has 0 unspecified atom stereocenters. The number of hydrogen-bond acceptors (Lipinski definition) is 4. The monoisotopic (exact) mass is 600 g/mol. The summed E-state index contributed by atoms with van der Waals surface area (Å²) in [5.41, 5.74) is 14.8. The van der Waals surface area contributed by atoms with Crippen LogP contribution in [0.25, 0.3) is 55.6 Å². The lowest BCUT2D eigenvalue weighted by atomic mass is 9.69. The molecule has 0 N–H and O–H groups in total. The van der Waals surface area contributed by atoms with E-state index >= 15 is 0 Å². The van der Waals surface area contributed by atoms with Crippen molar-refractivity contribution in [2.75, 3.05) is 0 Å². The molecule has 0 amide bonds. The first-order valence-electron chi connectivity index (χ1n) is 16.2. The van der Waals surface area contributed by atoms with Crippen molar-refractivity contribution in [1.82, 2.24) is 19.9 Å². The van der Waals surface area contributed by atoms with Crippen LogP contribution in [0.1, 0.15) is 33.5 Å².